The Bertz CT molecular complexity index is 260. The summed E-state index contributed by atoms with van der Waals surface area (Å²) in [6, 6.07) is 0. The highest BCUT2D eigenvalue weighted by Gasteiger charge is 2.32. The molecule has 1 aliphatic rings. The van der Waals surface area contributed by atoms with Crippen molar-refractivity contribution < 1.29 is 4.79 Å². The van der Waals surface area contributed by atoms with Crippen molar-refractivity contribution in [1.82, 2.24) is 5.32 Å². The maximum atomic E-state index is 11.8. The highest BCUT2D eigenvalue weighted by molar-refractivity contribution is 5.85. The lowest BCUT2D eigenvalue weighted by Crippen LogP contribution is -2.51. The molecule has 0 aromatic carbocycles. The molecule has 0 heterocycles. The van der Waals surface area contributed by atoms with E-state index < -0.39 is 5.54 Å². The average Bonchev–Trinajstić information content (AvgIpc) is 2.26. The minimum atomic E-state index is -0.775. The summed E-state index contributed by atoms with van der Waals surface area (Å²) in [5.74, 6) is 0.679. The fourth-order valence-corrected chi connectivity index (χ4v) is 2.56. The van der Waals surface area contributed by atoms with Crippen LogP contribution in [0.5, 0.6) is 0 Å². The third kappa shape index (κ3) is 4.30. The molecule has 3 N–H and O–H groups in total. The molecule has 0 aliphatic heterocycles. The molecule has 0 saturated heterocycles. The van der Waals surface area contributed by atoms with Gasteiger partial charge in [-0.2, -0.15) is 0 Å². The quantitative estimate of drug-likeness (QED) is 0.793. The summed E-state index contributed by atoms with van der Waals surface area (Å²) in [7, 11) is 0. The van der Waals surface area contributed by atoms with Crippen molar-refractivity contribution in [2.24, 2.45) is 17.1 Å². The summed E-state index contributed by atoms with van der Waals surface area (Å²) < 4.78 is 0. The molecule has 1 fully saturated rings. The van der Waals surface area contributed by atoms with Gasteiger partial charge in [-0.15, -0.1) is 0 Å². The number of rotatable bonds is 4. The highest BCUT2D eigenvalue weighted by atomic mass is 16.2. The summed E-state index contributed by atoms with van der Waals surface area (Å²) in [5, 5.41) is 3.00. The molecule has 100 valence electrons. The van der Waals surface area contributed by atoms with Gasteiger partial charge in [0.25, 0.3) is 0 Å². The van der Waals surface area contributed by atoms with Crippen molar-refractivity contribution >= 4 is 5.91 Å². The highest BCUT2D eigenvalue weighted by Crippen LogP contribution is 2.37. The predicted octanol–water partition coefficient (Wildman–Crippen LogP) is 2.45. The second-order valence-electron chi connectivity index (χ2n) is 6.73. The molecule has 0 atom stereocenters. The Hall–Kier alpha value is -0.570. The molecule has 1 saturated carbocycles. The molecule has 3 heteroatoms. The molecule has 0 aromatic rings. The first-order valence-corrected chi connectivity index (χ1v) is 6.81. The lowest BCUT2D eigenvalue weighted by molar-refractivity contribution is -0.125. The lowest BCUT2D eigenvalue weighted by atomic mass is 9.71. The van der Waals surface area contributed by atoms with E-state index in [-0.39, 0.29) is 11.3 Å². The smallest absolute Gasteiger partial charge is 0.239 e. The summed E-state index contributed by atoms with van der Waals surface area (Å²) in [4.78, 5) is 11.8. The fraction of sp³-hybridized carbons (Fsp3) is 0.929. The van der Waals surface area contributed by atoms with Gasteiger partial charge in [0.15, 0.2) is 0 Å². The summed E-state index contributed by atoms with van der Waals surface area (Å²) >= 11 is 0. The van der Waals surface area contributed by atoms with Gasteiger partial charge in [0, 0.05) is 6.54 Å². The van der Waals surface area contributed by atoms with E-state index in [1.165, 1.54) is 32.1 Å². The van der Waals surface area contributed by atoms with Crippen molar-refractivity contribution in [3.8, 4) is 0 Å². The monoisotopic (exact) mass is 240 g/mol. The van der Waals surface area contributed by atoms with Crippen LogP contribution in [0.25, 0.3) is 0 Å². The van der Waals surface area contributed by atoms with Crippen LogP contribution in [0.2, 0.25) is 0 Å². The second-order valence-corrected chi connectivity index (χ2v) is 6.73. The summed E-state index contributed by atoms with van der Waals surface area (Å²) in [6.45, 7) is 8.74. The summed E-state index contributed by atoms with van der Waals surface area (Å²) in [6.07, 6.45) is 6.65. The number of hydrogen-bond donors (Lipinski definition) is 2. The Morgan fingerprint density at radius 3 is 2.18 bits per heavy atom. The molecular formula is C14H28N2O. The van der Waals surface area contributed by atoms with E-state index in [4.69, 9.17) is 5.73 Å². The van der Waals surface area contributed by atoms with E-state index in [9.17, 15) is 4.79 Å². The zero-order valence-electron chi connectivity index (χ0n) is 11.8. The van der Waals surface area contributed by atoms with Crippen molar-refractivity contribution in [3.63, 3.8) is 0 Å². The van der Waals surface area contributed by atoms with Gasteiger partial charge in [-0.05, 0) is 38.0 Å². The molecule has 0 unspecified atom stereocenters. The number of nitrogens with one attached hydrogen (secondary N) is 1. The first kappa shape index (κ1) is 14.5. The van der Waals surface area contributed by atoms with Gasteiger partial charge in [-0.1, -0.05) is 33.1 Å². The molecule has 1 rings (SSSR count). The number of carbonyl (C=O) groups excluding carboxylic acids is 1. The van der Waals surface area contributed by atoms with Crippen LogP contribution in [0.4, 0.5) is 0 Å². The molecular weight excluding hydrogens is 212 g/mol. The minimum absolute atomic E-state index is 0.0543. The third-order valence-corrected chi connectivity index (χ3v) is 4.00. The maximum absolute atomic E-state index is 11.8. The van der Waals surface area contributed by atoms with Gasteiger partial charge in [0.05, 0.1) is 5.54 Å². The first-order valence-electron chi connectivity index (χ1n) is 6.81. The van der Waals surface area contributed by atoms with E-state index in [1.807, 2.05) is 0 Å². The Balaban J connectivity index is 2.46. The zero-order valence-corrected chi connectivity index (χ0v) is 11.8. The standard InChI is InChI=1S/C14H28N2O/c1-13(2,11-8-6-5-7-9-11)10-16-12(17)14(3,4)15/h11H,5-10,15H2,1-4H3,(H,16,17). The lowest BCUT2D eigenvalue weighted by Gasteiger charge is -2.37. The SMILES string of the molecule is CC(C)(N)C(=O)NCC(C)(C)C1CCCCC1. The Morgan fingerprint density at radius 1 is 1.18 bits per heavy atom. The number of amides is 1. The van der Waals surface area contributed by atoms with Gasteiger partial charge < -0.3 is 11.1 Å². The fourth-order valence-electron chi connectivity index (χ4n) is 2.56. The van der Waals surface area contributed by atoms with Gasteiger partial charge in [-0.25, -0.2) is 0 Å². The van der Waals surface area contributed by atoms with E-state index in [0.717, 1.165) is 12.5 Å². The van der Waals surface area contributed by atoms with Gasteiger partial charge in [-0.3, -0.25) is 4.79 Å². The van der Waals surface area contributed by atoms with E-state index in [2.05, 4.69) is 19.2 Å². The molecule has 1 aliphatic carbocycles. The van der Waals surface area contributed by atoms with Crippen molar-refractivity contribution in [2.75, 3.05) is 6.54 Å². The zero-order chi connectivity index (χ0) is 13.1. The van der Waals surface area contributed by atoms with Gasteiger partial charge in [0.1, 0.15) is 0 Å². The Morgan fingerprint density at radius 2 is 1.71 bits per heavy atom. The van der Waals surface area contributed by atoms with Crippen LogP contribution in [-0.4, -0.2) is 18.0 Å². The predicted molar refractivity (Wildman–Crippen MR) is 71.6 cm³/mol. The number of nitrogens with two attached hydrogens (primary N) is 1. The van der Waals surface area contributed by atoms with Gasteiger partial charge >= 0.3 is 0 Å². The number of carbonyl (C=O) groups is 1. The molecule has 3 nitrogen and oxygen atoms in total. The van der Waals surface area contributed by atoms with Crippen LogP contribution in [0.15, 0.2) is 0 Å². The largest absolute Gasteiger partial charge is 0.354 e. The van der Waals surface area contributed by atoms with E-state index >= 15 is 0 Å². The van der Waals surface area contributed by atoms with Crippen LogP contribution < -0.4 is 11.1 Å². The van der Waals surface area contributed by atoms with Crippen molar-refractivity contribution in [1.29, 1.82) is 0 Å². The Labute approximate surface area is 106 Å². The third-order valence-electron chi connectivity index (χ3n) is 4.00. The Kier molecular flexibility index (Phi) is 4.59. The van der Waals surface area contributed by atoms with Crippen molar-refractivity contribution in [3.05, 3.63) is 0 Å². The number of hydrogen-bond acceptors (Lipinski definition) is 2. The average molecular weight is 240 g/mol. The van der Waals surface area contributed by atoms with Crippen molar-refractivity contribution in [2.45, 2.75) is 65.3 Å². The van der Waals surface area contributed by atoms with Crippen LogP contribution in [0, 0.1) is 11.3 Å². The van der Waals surface area contributed by atoms with Crippen LogP contribution in [0.1, 0.15) is 59.8 Å². The molecule has 0 spiro atoms. The van der Waals surface area contributed by atoms with Crippen LogP contribution in [-0.2, 0) is 4.79 Å². The van der Waals surface area contributed by atoms with Crippen LogP contribution in [0.3, 0.4) is 0 Å². The van der Waals surface area contributed by atoms with E-state index in [1.54, 1.807) is 13.8 Å². The molecule has 1 amide bonds. The van der Waals surface area contributed by atoms with Crippen LogP contribution >= 0.6 is 0 Å². The molecule has 0 aromatic heterocycles. The topological polar surface area (TPSA) is 55.1 Å². The second kappa shape index (κ2) is 5.38. The molecule has 0 bridgehead atoms. The normalized spacial score (nSPS) is 19.1. The maximum Gasteiger partial charge on any atom is 0.239 e. The van der Waals surface area contributed by atoms with E-state index in [0.29, 0.717) is 0 Å². The minimum Gasteiger partial charge on any atom is -0.354 e. The van der Waals surface area contributed by atoms with Gasteiger partial charge in [0.2, 0.25) is 5.91 Å². The molecule has 0 radical (unpaired) electrons. The first-order chi connectivity index (χ1) is 7.73. The summed E-state index contributed by atoms with van der Waals surface area (Å²) in [5.41, 5.74) is 5.18. The molecule has 17 heavy (non-hydrogen) atoms.